The molecule has 3 rings (SSSR count). The summed E-state index contributed by atoms with van der Waals surface area (Å²) in [7, 11) is 0. The Labute approximate surface area is 183 Å². The van der Waals surface area contributed by atoms with Gasteiger partial charge in [-0.2, -0.15) is 5.01 Å². The molecule has 0 radical (unpaired) electrons. The van der Waals surface area contributed by atoms with Gasteiger partial charge in [-0.15, -0.1) is 0 Å². The van der Waals surface area contributed by atoms with Gasteiger partial charge in [0.1, 0.15) is 5.54 Å². The smallest absolute Gasteiger partial charge is 0.344 e. The molecule has 1 aromatic rings. The van der Waals surface area contributed by atoms with Crippen molar-refractivity contribution in [1.82, 2.24) is 15.8 Å². The first-order valence-electron chi connectivity index (χ1n) is 9.46. The molecule has 1 aromatic carbocycles. The zero-order valence-electron chi connectivity index (χ0n) is 16.2. The van der Waals surface area contributed by atoms with E-state index in [1.165, 1.54) is 6.08 Å². The molecule has 1 saturated carbocycles. The minimum atomic E-state index is -0.962. The van der Waals surface area contributed by atoms with Crippen molar-refractivity contribution in [2.45, 2.75) is 38.1 Å². The summed E-state index contributed by atoms with van der Waals surface area (Å²) in [6, 6.07) is 4.12. The maximum Gasteiger partial charge on any atom is 0.344 e. The number of rotatable bonds is 5. The zero-order valence-corrected chi connectivity index (χ0v) is 17.8. The van der Waals surface area contributed by atoms with Gasteiger partial charge in [0.15, 0.2) is 6.61 Å². The summed E-state index contributed by atoms with van der Waals surface area (Å²) in [6.45, 7) is 1.45. The predicted octanol–water partition coefficient (Wildman–Crippen LogP) is 3.08. The molecule has 1 spiro atoms. The number of hydrogen-bond donors (Lipinski definition) is 2. The number of ether oxygens (including phenoxy) is 1. The number of esters is 1. The molecular formula is C20H21Cl2N3O5. The van der Waals surface area contributed by atoms with Crippen LogP contribution < -0.4 is 10.7 Å². The number of nitrogens with one attached hydrogen (secondary N) is 2. The Hall–Kier alpha value is -2.58. The standard InChI is InChI=1S/C20H21Cl2N3O5/c1-12-6-8-20(9-7-12)18(28)25(19(29)23-20)24-16(26)11-30-17(27)5-3-13-2-4-14(21)15(22)10-13/h2-5,10,12H,6-9,11H2,1H3,(H,23,29)(H,24,26)/b5-3+. The van der Waals surface area contributed by atoms with Gasteiger partial charge >= 0.3 is 12.0 Å². The number of carbonyl (C=O) groups is 4. The van der Waals surface area contributed by atoms with E-state index in [2.05, 4.69) is 17.7 Å². The molecule has 8 nitrogen and oxygen atoms in total. The van der Waals surface area contributed by atoms with E-state index < -0.39 is 36.0 Å². The van der Waals surface area contributed by atoms with Crippen LogP contribution in [0.5, 0.6) is 0 Å². The highest BCUT2D eigenvalue weighted by Crippen LogP contribution is 2.35. The van der Waals surface area contributed by atoms with Crippen LogP contribution in [0.25, 0.3) is 6.08 Å². The molecular weight excluding hydrogens is 433 g/mol. The summed E-state index contributed by atoms with van der Waals surface area (Å²) in [6.07, 6.45) is 5.26. The van der Waals surface area contributed by atoms with E-state index in [9.17, 15) is 19.2 Å². The molecule has 1 aliphatic carbocycles. The Morgan fingerprint density at radius 2 is 1.97 bits per heavy atom. The van der Waals surface area contributed by atoms with Gasteiger partial charge in [-0.1, -0.05) is 36.2 Å². The van der Waals surface area contributed by atoms with Crippen molar-refractivity contribution in [1.29, 1.82) is 0 Å². The van der Waals surface area contributed by atoms with Gasteiger partial charge in [0, 0.05) is 6.08 Å². The lowest BCUT2D eigenvalue weighted by atomic mass is 9.77. The van der Waals surface area contributed by atoms with E-state index in [0.717, 1.165) is 18.9 Å². The molecule has 0 aromatic heterocycles. The Morgan fingerprint density at radius 1 is 1.27 bits per heavy atom. The van der Waals surface area contributed by atoms with Crippen molar-refractivity contribution in [2.75, 3.05) is 6.61 Å². The number of benzene rings is 1. The lowest BCUT2D eigenvalue weighted by Gasteiger charge is -2.33. The van der Waals surface area contributed by atoms with Crippen molar-refractivity contribution in [2.24, 2.45) is 5.92 Å². The average Bonchev–Trinajstić information content (AvgIpc) is 2.94. The fourth-order valence-corrected chi connectivity index (χ4v) is 3.74. The number of urea groups is 1. The van der Waals surface area contributed by atoms with Crippen LogP contribution in [0.1, 0.15) is 38.2 Å². The molecule has 0 bridgehead atoms. The molecule has 1 saturated heterocycles. The minimum Gasteiger partial charge on any atom is -0.452 e. The summed E-state index contributed by atoms with van der Waals surface area (Å²) >= 11 is 11.7. The number of hydrogen-bond acceptors (Lipinski definition) is 5. The summed E-state index contributed by atoms with van der Waals surface area (Å²) in [4.78, 5) is 48.7. The summed E-state index contributed by atoms with van der Waals surface area (Å²) in [5, 5.41) is 4.08. The van der Waals surface area contributed by atoms with Crippen LogP contribution in [0.15, 0.2) is 24.3 Å². The number of halogens is 2. The van der Waals surface area contributed by atoms with Crippen LogP contribution in [-0.4, -0.2) is 41.0 Å². The summed E-state index contributed by atoms with van der Waals surface area (Å²) in [5.74, 6) is -1.57. The minimum absolute atomic E-state index is 0.338. The first-order chi connectivity index (χ1) is 14.2. The van der Waals surface area contributed by atoms with E-state index in [0.29, 0.717) is 39.4 Å². The molecule has 2 aliphatic rings. The third-order valence-corrected chi connectivity index (χ3v) is 5.97. The Kier molecular flexibility index (Phi) is 6.67. The van der Waals surface area contributed by atoms with Gasteiger partial charge in [0.05, 0.1) is 10.0 Å². The molecule has 10 heteroatoms. The predicted molar refractivity (Wildman–Crippen MR) is 110 cm³/mol. The van der Waals surface area contributed by atoms with Crippen molar-refractivity contribution in [3.8, 4) is 0 Å². The van der Waals surface area contributed by atoms with Crippen molar-refractivity contribution in [3.63, 3.8) is 0 Å². The molecule has 1 aliphatic heterocycles. The van der Waals surface area contributed by atoms with Crippen LogP contribution >= 0.6 is 23.2 Å². The number of nitrogens with zero attached hydrogens (tertiary/aromatic N) is 1. The van der Waals surface area contributed by atoms with Crippen LogP contribution in [0.2, 0.25) is 10.0 Å². The highest BCUT2D eigenvalue weighted by molar-refractivity contribution is 6.42. The first kappa shape index (κ1) is 22.1. The normalized spacial score (nSPS) is 23.7. The number of imide groups is 1. The Balaban J connectivity index is 1.50. The molecule has 30 heavy (non-hydrogen) atoms. The lowest BCUT2D eigenvalue weighted by Crippen LogP contribution is -2.52. The molecule has 0 unspecified atom stereocenters. The second kappa shape index (κ2) is 9.06. The SMILES string of the molecule is CC1CCC2(CC1)NC(=O)N(NC(=O)COC(=O)/C=C/c1ccc(Cl)c(Cl)c1)C2=O. The molecule has 2 fully saturated rings. The fourth-order valence-electron chi connectivity index (χ4n) is 3.44. The van der Waals surface area contributed by atoms with E-state index in [4.69, 9.17) is 27.9 Å². The van der Waals surface area contributed by atoms with E-state index >= 15 is 0 Å². The van der Waals surface area contributed by atoms with E-state index in [-0.39, 0.29) is 0 Å². The first-order valence-corrected chi connectivity index (χ1v) is 10.2. The van der Waals surface area contributed by atoms with Gasteiger partial charge < -0.3 is 10.1 Å². The van der Waals surface area contributed by atoms with Crippen molar-refractivity contribution >= 4 is 53.1 Å². The van der Waals surface area contributed by atoms with Gasteiger partial charge in [-0.05, 0) is 55.4 Å². The maximum atomic E-state index is 12.7. The number of carbonyl (C=O) groups excluding carboxylic acids is 4. The van der Waals surface area contributed by atoms with Gasteiger partial charge in [0.25, 0.3) is 11.8 Å². The zero-order chi connectivity index (χ0) is 21.9. The van der Waals surface area contributed by atoms with Crippen molar-refractivity contribution in [3.05, 3.63) is 39.9 Å². The van der Waals surface area contributed by atoms with E-state index in [1.54, 1.807) is 18.2 Å². The fraction of sp³-hybridized carbons (Fsp3) is 0.400. The van der Waals surface area contributed by atoms with Crippen LogP contribution in [0.3, 0.4) is 0 Å². The van der Waals surface area contributed by atoms with Crippen LogP contribution in [-0.2, 0) is 19.1 Å². The third-order valence-electron chi connectivity index (χ3n) is 5.23. The van der Waals surface area contributed by atoms with Crippen LogP contribution in [0, 0.1) is 5.92 Å². The second-order valence-electron chi connectivity index (χ2n) is 7.48. The van der Waals surface area contributed by atoms with Crippen LogP contribution in [0.4, 0.5) is 4.79 Å². The third kappa shape index (κ3) is 4.94. The monoisotopic (exact) mass is 453 g/mol. The summed E-state index contributed by atoms with van der Waals surface area (Å²) in [5.41, 5.74) is 1.86. The Morgan fingerprint density at radius 3 is 2.63 bits per heavy atom. The quantitative estimate of drug-likeness (QED) is 0.404. The molecule has 4 amide bonds. The molecule has 1 heterocycles. The second-order valence-corrected chi connectivity index (χ2v) is 8.30. The highest BCUT2D eigenvalue weighted by atomic mass is 35.5. The largest absolute Gasteiger partial charge is 0.452 e. The van der Waals surface area contributed by atoms with Gasteiger partial charge in [0.2, 0.25) is 0 Å². The van der Waals surface area contributed by atoms with Gasteiger partial charge in [-0.3, -0.25) is 15.0 Å². The molecule has 0 atom stereocenters. The average molecular weight is 454 g/mol. The molecule has 2 N–H and O–H groups in total. The summed E-state index contributed by atoms with van der Waals surface area (Å²) < 4.78 is 4.84. The van der Waals surface area contributed by atoms with Crippen molar-refractivity contribution < 1.29 is 23.9 Å². The topological polar surface area (TPSA) is 105 Å². The highest BCUT2D eigenvalue weighted by Gasteiger charge is 2.52. The number of amides is 4. The lowest BCUT2D eigenvalue weighted by molar-refractivity contribution is -0.147. The molecule has 160 valence electrons. The Bertz CT molecular complexity index is 910. The van der Waals surface area contributed by atoms with E-state index in [1.807, 2.05) is 0 Å². The number of hydrazine groups is 1. The maximum absolute atomic E-state index is 12.7. The van der Waals surface area contributed by atoms with Gasteiger partial charge in [-0.25, -0.2) is 9.59 Å².